The number of anilines is 3. The van der Waals surface area contributed by atoms with E-state index in [2.05, 4.69) is 10.4 Å². The highest BCUT2D eigenvalue weighted by Gasteiger charge is 2.37. The number of carbonyl (C=O) groups excluding carboxylic acids is 1. The molecule has 3 aromatic rings. The minimum atomic E-state index is -0.666. The zero-order valence-electron chi connectivity index (χ0n) is 17.2. The zero-order chi connectivity index (χ0) is 22.9. The first-order valence-corrected chi connectivity index (χ1v) is 10.1. The first kappa shape index (κ1) is 21.7. The van der Waals surface area contributed by atoms with Gasteiger partial charge in [-0.1, -0.05) is 0 Å². The van der Waals surface area contributed by atoms with E-state index < -0.39 is 23.1 Å². The molecule has 0 atom stereocenters. The molecule has 5 N–H and O–H groups in total. The van der Waals surface area contributed by atoms with Gasteiger partial charge in [0.2, 0.25) is 0 Å². The van der Waals surface area contributed by atoms with E-state index in [1.165, 1.54) is 36.4 Å². The van der Waals surface area contributed by atoms with Crippen LogP contribution in [0.25, 0.3) is 0 Å². The van der Waals surface area contributed by atoms with Gasteiger partial charge in [-0.15, -0.1) is 0 Å². The van der Waals surface area contributed by atoms with Crippen molar-refractivity contribution in [2.75, 3.05) is 29.9 Å². The van der Waals surface area contributed by atoms with Crippen LogP contribution in [-0.2, 0) is 5.54 Å². The average molecular weight is 444 g/mol. The lowest BCUT2D eigenvalue weighted by atomic mass is 9.87. The van der Waals surface area contributed by atoms with Crippen molar-refractivity contribution in [2.45, 2.75) is 18.4 Å². The van der Waals surface area contributed by atoms with Crippen molar-refractivity contribution >= 4 is 23.1 Å². The van der Waals surface area contributed by atoms with Crippen LogP contribution in [0.3, 0.4) is 0 Å². The van der Waals surface area contributed by atoms with E-state index in [4.69, 9.17) is 11.5 Å². The predicted molar refractivity (Wildman–Crippen MR) is 115 cm³/mol. The molecule has 1 aliphatic rings. The smallest absolute Gasteiger partial charge is 0.254 e. The molecule has 10 heteroatoms. The molecular weight excluding hydrogens is 421 g/mol. The number of carbonyl (C=O) groups is 1. The molecule has 0 radical (unpaired) electrons. The van der Waals surface area contributed by atoms with E-state index in [0.717, 1.165) is 6.07 Å². The lowest BCUT2D eigenvalue weighted by Gasteiger charge is -2.42. The van der Waals surface area contributed by atoms with E-state index in [1.807, 2.05) is 4.90 Å². The van der Waals surface area contributed by atoms with Crippen LogP contribution >= 0.6 is 0 Å². The monoisotopic (exact) mass is 444 g/mol. The summed E-state index contributed by atoms with van der Waals surface area (Å²) in [6, 6.07) is 9.04. The molecule has 2 aromatic carbocycles. The molecule has 0 unspecified atom stereocenters. The summed E-state index contributed by atoms with van der Waals surface area (Å²) in [4.78, 5) is 13.9. The van der Waals surface area contributed by atoms with Crippen molar-refractivity contribution in [3.05, 3.63) is 71.7 Å². The fourth-order valence-corrected chi connectivity index (χ4v) is 3.99. The van der Waals surface area contributed by atoms with E-state index >= 15 is 0 Å². The average Bonchev–Trinajstić information content (AvgIpc) is 3.19. The van der Waals surface area contributed by atoms with Crippen molar-refractivity contribution in [1.82, 2.24) is 9.78 Å². The second-order valence-corrected chi connectivity index (χ2v) is 7.88. The Labute approximate surface area is 182 Å². The Morgan fingerprint density at radius 3 is 2.22 bits per heavy atom. The summed E-state index contributed by atoms with van der Waals surface area (Å²) in [5.41, 5.74) is 12.3. The summed E-state index contributed by atoms with van der Waals surface area (Å²) in [7, 11) is 0. The fraction of sp³-hybridized carbons (Fsp3) is 0.273. The summed E-state index contributed by atoms with van der Waals surface area (Å²) in [5.74, 6) is -2.08. The largest absolute Gasteiger partial charge is 0.371 e. The molecule has 0 saturated carbocycles. The maximum Gasteiger partial charge on any atom is 0.254 e. The molecule has 168 valence electrons. The van der Waals surface area contributed by atoms with Crippen molar-refractivity contribution in [2.24, 2.45) is 11.5 Å². The second-order valence-electron chi connectivity index (χ2n) is 7.88. The number of nitrogens with zero attached hydrogens (tertiary/aromatic N) is 3. The van der Waals surface area contributed by atoms with Gasteiger partial charge in [-0.3, -0.25) is 9.48 Å². The molecule has 4 rings (SSSR count). The maximum atomic E-state index is 13.6. The van der Waals surface area contributed by atoms with Crippen LogP contribution in [0, 0.1) is 17.5 Å². The van der Waals surface area contributed by atoms with Gasteiger partial charge in [-0.25, -0.2) is 13.2 Å². The highest BCUT2D eigenvalue weighted by Crippen LogP contribution is 2.33. The summed E-state index contributed by atoms with van der Waals surface area (Å²) in [6.07, 6.45) is 2.63. The Morgan fingerprint density at radius 2 is 1.66 bits per heavy atom. The molecule has 32 heavy (non-hydrogen) atoms. The lowest BCUT2D eigenvalue weighted by molar-refractivity contribution is 0.100. The zero-order valence-corrected chi connectivity index (χ0v) is 17.2. The van der Waals surface area contributed by atoms with Crippen LogP contribution in [0.15, 0.2) is 48.7 Å². The molecule has 1 fully saturated rings. The minimum Gasteiger partial charge on any atom is -0.371 e. The van der Waals surface area contributed by atoms with Crippen LogP contribution < -0.4 is 21.7 Å². The van der Waals surface area contributed by atoms with Gasteiger partial charge in [0.05, 0.1) is 5.54 Å². The molecule has 0 aliphatic carbocycles. The van der Waals surface area contributed by atoms with Gasteiger partial charge in [-0.05, 0) is 49.2 Å². The van der Waals surface area contributed by atoms with Gasteiger partial charge >= 0.3 is 0 Å². The summed E-state index contributed by atoms with van der Waals surface area (Å²) in [6.45, 7) is 1.23. The van der Waals surface area contributed by atoms with E-state index in [0.29, 0.717) is 37.3 Å². The molecule has 2 heterocycles. The normalized spacial score (nSPS) is 15.6. The molecule has 1 aliphatic heterocycles. The van der Waals surface area contributed by atoms with Crippen LogP contribution in [0.5, 0.6) is 0 Å². The van der Waals surface area contributed by atoms with Gasteiger partial charge in [0, 0.05) is 43.3 Å². The number of aromatic nitrogens is 2. The maximum absolute atomic E-state index is 13.6. The number of primary amides is 1. The van der Waals surface area contributed by atoms with Crippen molar-refractivity contribution in [3.63, 3.8) is 0 Å². The lowest BCUT2D eigenvalue weighted by Crippen LogP contribution is -2.50. The molecule has 0 spiro atoms. The Kier molecular flexibility index (Phi) is 5.79. The Morgan fingerprint density at radius 1 is 1.03 bits per heavy atom. The third-order valence-corrected chi connectivity index (χ3v) is 5.86. The second kappa shape index (κ2) is 8.54. The number of piperidine rings is 1. The first-order chi connectivity index (χ1) is 15.3. The van der Waals surface area contributed by atoms with Crippen molar-refractivity contribution < 1.29 is 18.0 Å². The van der Waals surface area contributed by atoms with Gasteiger partial charge in [0.15, 0.2) is 5.82 Å². The molecule has 1 saturated heterocycles. The number of hydrogen-bond acceptors (Lipinski definition) is 5. The summed E-state index contributed by atoms with van der Waals surface area (Å²) in [5, 5.41) is 7.53. The number of nitrogens with two attached hydrogens (primary N) is 2. The molecule has 0 bridgehead atoms. The molecule has 1 aromatic heterocycles. The number of benzene rings is 2. The van der Waals surface area contributed by atoms with Gasteiger partial charge in [0.1, 0.15) is 23.0 Å². The Hall–Kier alpha value is -3.53. The number of hydrogen-bond donors (Lipinski definition) is 3. The highest BCUT2D eigenvalue weighted by molar-refractivity contribution is 5.98. The van der Waals surface area contributed by atoms with Gasteiger partial charge in [-0.2, -0.15) is 5.10 Å². The number of halogens is 3. The standard InChI is InChI=1S/C22H23F3N6O/c23-14-1-3-17(4-2-14)28-21-19(20(27)32)12-31(29-21)22(13-26)5-7-30(8-6-22)18-10-15(24)9-16(25)11-18/h1-4,9-12H,5-8,13,26H2,(H2,27,32)(H,28,29). The number of rotatable bonds is 6. The molecular formula is C22H23F3N6O. The third-order valence-electron chi connectivity index (χ3n) is 5.86. The van der Waals surface area contributed by atoms with Crippen LogP contribution in [0.1, 0.15) is 23.2 Å². The molecule has 1 amide bonds. The van der Waals surface area contributed by atoms with E-state index in [9.17, 15) is 18.0 Å². The highest BCUT2D eigenvalue weighted by atomic mass is 19.1. The van der Waals surface area contributed by atoms with Crippen molar-refractivity contribution in [1.29, 1.82) is 0 Å². The Bertz CT molecular complexity index is 1100. The van der Waals surface area contributed by atoms with E-state index in [-0.39, 0.29) is 23.7 Å². The van der Waals surface area contributed by atoms with Crippen LogP contribution in [0.2, 0.25) is 0 Å². The third kappa shape index (κ3) is 4.26. The number of nitrogens with one attached hydrogen (secondary N) is 1. The quantitative estimate of drug-likeness (QED) is 0.542. The SMILES string of the molecule is NCC1(n2cc(C(N)=O)c(Nc3ccc(F)cc3)n2)CCN(c2cc(F)cc(F)c2)CC1. The minimum absolute atomic E-state index is 0.178. The van der Waals surface area contributed by atoms with Crippen LogP contribution in [-0.4, -0.2) is 35.3 Å². The summed E-state index contributed by atoms with van der Waals surface area (Å²) >= 11 is 0. The van der Waals surface area contributed by atoms with Gasteiger partial charge < -0.3 is 21.7 Å². The predicted octanol–water partition coefficient (Wildman–Crippen LogP) is 3.10. The van der Waals surface area contributed by atoms with E-state index in [1.54, 1.807) is 10.9 Å². The topological polar surface area (TPSA) is 102 Å². The van der Waals surface area contributed by atoms with Gasteiger partial charge in [0.25, 0.3) is 5.91 Å². The summed E-state index contributed by atoms with van der Waals surface area (Å²) < 4.78 is 42.1. The Balaban J connectivity index is 1.58. The van der Waals surface area contributed by atoms with Crippen molar-refractivity contribution in [3.8, 4) is 0 Å². The molecule has 7 nitrogen and oxygen atoms in total. The fourth-order valence-electron chi connectivity index (χ4n) is 3.99. The first-order valence-electron chi connectivity index (χ1n) is 10.1. The number of amides is 1. The van der Waals surface area contributed by atoms with Crippen LogP contribution in [0.4, 0.5) is 30.4 Å².